The molecule has 6 nitrogen and oxygen atoms in total. The Kier molecular flexibility index (Phi) is 3.66. The highest BCUT2D eigenvalue weighted by molar-refractivity contribution is 5.90. The lowest BCUT2D eigenvalue weighted by Crippen LogP contribution is -2.43. The van der Waals surface area contributed by atoms with Crippen LogP contribution in [0.4, 0.5) is 10.5 Å². The van der Waals surface area contributed by atoms with Gasteiger partial charge in [0.25, 0.3) is 0 Å². The van der Waals surface area contributed by atoms with Crippen molar-refractivity contribution in [2.75, 3.05) is 18.5 Å². The number of imidazole rings is 1. The van der Waals surface area contributed by atoms with E-state index >= 15 is 0 Å². The summed E-state index contributed by atoms with van der Waals surface area (Å²) in [6, 6.07) is 11.1. The van der Waals surface area contributed by atoms with Crippen LogP contribution < -0.4 is 5.32 Å². The SMILES string of the molecule is O=C(Nc1ccn2ccnc2c1)N1CCc2ccccc2[C@H]1CO. The van der Waals surface area contributed by atoms with Gasteiger partial charge in [-0.05, 0) is 23.6 Å². The Labute approximate surface area is 139 Å². The third kappa shape index (κ3) is 2.51. The Hall–Kier alpha value is -2.86. The third-order valence-electron chi connectivity index (χ3n) is 4.50. The van der Waals surface area contributed by atoms with Crippen LogP contribution in [0.2, 0.25) is 0 Å². The van der Waals surface area contributed by atoms with Crippen molar-refractivity contribution in [3.8, 4) is 0 Å². The number of carbonyl (C=O) groups is 1. The number of urea groups is 1. The Bertz CT molecular complexity index is 889. The third-order valence-corrected chi connectivity index (χ3v) is 4.50. The minimum absolute atomic E-state index is 0.0935. The van der Waals surface area contributed by atoms with Crippen LogP contribution in [0, 0.1) is 0 Å². The van der Waals surface area contributed by atoms with Crippen LogP contribution in [0.1, 0.15) is 17.2 Å². The van der Waals surface area contributed by atoms with Crippen molar-refractivity contribution in [1.29, 1.82) is 0 Å². The molecular formula is C18H18N4O2. The van der Waals surface area contributed by atoms with Crippen LogP contribution in [0.3, 0.4) is 0 Å². The minimum atomic E-state index is -0.315. The second-order valence-electron chi connectivity index (χ2n) is 5.88. The van der Waals surface area contributed by atoms with Crippen LogP contribution in [-0.4, -0.2) is 38.6 Å². The van der Waals surface area contributed by atoms with Gasteiger partial charge in [-0.2, -0.15) is 0 Å². The standard InChI is InChI=1S/C18H18N4O2/c23-12-16-15-4-2-1-3-13(15)5-9-22(16)18(24)20-14-6-8-21-10-7-19-17(21)11-14/h1-4,6-8,10-11,16,23H,5,9,12H2,(H,20,24)/t16-/m1/s1. The topological polar surface area (TPSA) is 69.9 Å². The molecule has 4 rings (SSSR count). The van der Waals surface area contributed by atoms with Crippen LogP contribution >= 0.6 is 0 Å². The first kappa shape index (κ1) is 14.7. The fraction of sp³-hybridized carbons (Fsp3) is 0.222. The minimum Gasteiger partial charge on any atom is -0.394 e. The molecule has 6 heteroatoms. The number of aromatic nitrogens is 2. The summed E-state index contributed by atoms with van der Waals surface area (Å²) in [6.07, 6.45) is 6.21. The maximum absolute atomic E-state index is 12.7. The first-order valence-electron chi connectivity index (χ1n) is 7.95. The second kappa shape index (κ2) is 5.98. The van der Waals surface area contributed by atoms with Gasteiger partial charge >= 0.3 is 6.03 Å². The van der Waals surface area contributed by atoms with E-state index in [1.807, 2.05) is 47.1 Å². The molecule has 1 aliphatic rings. The molecule has 0 bridgehead atoms. The first-order valence-corrected chi connectivity index (χ1v) is 7.95. The van der Waals surface area contributed by atoms with Crippen molar-refractivity contribution in [1.82, 2.24) is 14.3 Å². The number of fused-ring (bicyclic) bond motifs is 2. The van der Waals surface area contributed by atoms with Gasteiger partial charge < -0.3 is 19.7 Å². The second-order valence-corrected chi connectivity index (χ2v) is 5.88. The van der Waals surface area contributed by atoms with Gasteiger partial charge in [0.2, 0.25) is 0 Å². The van der Waals surface area contributed by atoms with E-state index in [1.54, 1.807) is 11.1 Å². The molecule has 0 unspecified atom stereocenters. The lowest BCUT2D eigenvalue weighted by Gasteiger charge is -2.36. The molecule has 1 aliphatic heterocycles. The van der Waals surface area contributed by atoms with E-state index in [0.717, 1.165) is 17.6 Å². The van der Waals surface area contributed by atoms with E-state index in [1.165, 1.54) is 5.56 Å². The summed E-state index contributed by atoms with van der Waals surface area (Å²) in [5.74, 6) is 0. The smallest absolute Gasteiger partial charge is 0.322 e. The Morgan fingerprint density at radius 1 is 1.29 bits per heavy atom. The van der Waals surface area contributed by atoms with E-state index in [9.17, 15) is 9.90 Å². The number of carbonyl (C=O) groups excluding carboxylic acids is 1. The summed E-state index contributed by atoms with van der Waals surface area (Å²) in [5.41, 5.74) is 3.68. The molecule has 2 aromatic heterocycles. The molecule has 0 saturated heterocycles. The molecule has 3 aromatic rings. The summed E-state index contributed by atoms with van der Waals surface area (Å²) < 4.78 is 1.88. The Balaban J connectivity index is 1.57. The number of benzene rings is 1. The average Bonchev–Trinajstić information content (AvgIpc) is 3.08. The predicted molar refractivity (Wildman–Crippen MR) is 90.9 cm³/mol. The summed E-state index contributed by atoms with van der Waals surface area (Å²) in [5, 5.41) is 12.7. The largest absolute Gasteiger partial charge is 0.394 e. The van der Waals surface area contributed by atoms with Gasteiger partial charge in [-0.15, -0.1) is 0 Å². The van der Waals surface area contributed by atoms with Crippen LogP contribution in [0.15, 0.2) is 55.0 Å². The summed E-state index contributed by atoms with van der Waals surface area (Å²) in [4.78, 5) is 18.6. The highest BCUT2D eigenvalue weighted by Gasteiger charge is 2.30. The normalized spacial score (nSPS) is 16.9. The fourth-order valence-electron chi connectivity index (χ4n) is 3.27. The number of nitrogens with zero attached hydrogens (tertiary/aromatic N) is 3. The molecule has 0 radical (unpaired) electrons. The molecule has 3 heterocycles. The molecule has 2 N–H and O–H groups in total. The summed E-state index contributed by atoms with van der Waals surface area (Å²) >= 11 is 0. The average molecular weight is 322 g/mol. The quantitative estimate of drug-likeness (QED) is 0.761. The van der Waals surface area contributed by atoms with Gasteiger partial charge in [-0.25, -0.2) is 9.78 Å². The Morgan fingerprint density at radius 2 is 2.17 bits per heavy atom. The zero-order valence-corrected chi connectivity index (χ0v) is 13.1. The number of hydrogen-bond acceptors (Lipinski definition) is 3. The zero-order chi connectivity index (χ0) is 16.5. The van der Waals surface area contributed by atoms with Crippen molar-refractivity contribution in [2.24, 2.45) is 0 Å². The van der Waals surface area contributed by atoms with Gasteiger partial charge in [0, 0.05) is 36.9 Å². The van der Waals surface area contributed by atoms with Crippen molar-refractivity contribution in [2.45, 2.75) is 12.5 Å². The van der Waals surface area contributed by atoms with Gasteiger partial charge in [0.1, 0.15) is 5.65 Å². The number of aliphatic hydroxyl groups is 1. The van der Waals surface area contributed by atoms with Gasteiger partial charge in [-0.1, -0.05) is 24.3 Å². The van der Waals surface area contributed by atoms with Crippen LogP contribution in [0.5, 0.6) is 0 Å². The number of nitrogens with one attached hydrogen (secondary N) is 1. The van der Waals surface area contributed by atoms with E-state index in [4.69, 9.17) is 0 Å². The zero-order valence-electron chi connectivity index (χ0n) is 13.1. The molecular weight excluding hydrogens is 304 g/mol. The summed E-state index contributed by atoms with van der Waals surface area (Å²) in [6.45, 7) is 0.490. The molecule has 0 saturated carbocycles. The van der Waals surface area contributed by atoms with Crippen molar-refractivity contribution >= 4 is 17.4 Å². The number of pyridine rings is 1. The van der Waals surface area contributed by atoms with Crippen molar-refractivity contribution in [3.05, 3.63) is 66.1 Å². The van der Waals surface area contributed by atoms with E-state index < -0.39 is 0 Å². The summed E-state index contributed by atoms with van der Waals surface area (Å²) in [7, 11) is 0. The number of hydrogen-bond donors (Lipinski definition) is 2. The highest BCUT2D eigenvalue weighted by Crippen LogP contribution is 2.29. The molecule has 2 amide bonds. The highest BCUT2D eigenvalue weighted by atomic mass is 16.3. The molecule has 0 fully saturated rings. The maximum Gasteiger partial charge on any atom is 0.322 e. The van der Waals surface area contributed by atoms with E-state index in [-0.39, 0.29) is 18.7 Å². The number of rotatable bonds is 2. The van der Waals surface area contributed by atoms with E-state index in [2.05, 4.69) is 16.4 Å². The van der Waals surface area contributed by atoms with Crippen LogP contribution in [0.25, 0.3) is 5.65 Å². The monoisotopic (exact) mass is 322 g/mol. The van der Waals surface area contributed by atoms with Gasteiger partial charge in [0.05, 0.1) is 12.6 Å². The van der Waals surface area contributed by atoms with Gasteiger partial charge in [-0.3, -0.25) is 0 Å². The van der Waals surface area contributed by atoms with Gasteiger partial charge in [0.15, 0.2) is 0 Å². The molecule has 1 atom stereocenters. The molecule has 0 aliphatic carbocycles. The van der Waals surface area contributed by atoms with E-state index in [0.29, 0.717) is 12.2 Å². The first-order chi connectivity index (χ1) is 11.8. The van der Waals surface area contributed by atoms with Crippen molar-refractivity contribution in [3.63, 3.8) is 0 Å². The number of amides is 2. The lowest BCUT2D eigenvalue weighted by molar-refractivity contribution is 0.135. The molecule has 1 aromatic carbocycles. The Morgan fingerprint density at radius 3 is 3.04 bits per heavy atom. The maximum atomic E-state index is 12.7. The number of anilines is 1. The van der Waals surface area contributed by atoms with Crippen molar-refractivity contribution < 1.29 is 9.90 Å². The fourth-order valence-corrected chi connectivity index (χ4v) is 3.27. The molecule has 24 heavy (non-hydrogen) atoms. The lowest BCUT2D eigenvalue weighted by atomic mass is 9.93. The predicted octanol–water partition coefficient (Wildman–Crippen LogP) is 2.46. The molecule has 122 valence electrons. The number of aliphatic hydroxyl groups excluding tert-OH is 1. The van der Waals surface area contributed by atoms with Crippen LogP contribution in [-0.2, 0) is 6.42 Å². The molecule has 0 spiro atoms.